The number of anilines is 3. The Morgan fingerprint density at radius 1 is 0.978 bits per heavy atom. The van der Waals surface area contributed by atoms with Crippen LogP contribution in [0.25, 0.3) is 0 Å². The maximum atomic E-state index is 14.0. The van der Waals surface area contributed by atoms with E-state index in [1.807, 2.05) is 30.3 Å². The fourth-order valence-electron chi connectivity index (χ4n) is 5.09. The number of hydrogen-bond acceptors (Lipinski definition) is 9. The van der Waals surface area contributed by atoms with Crippen LogP contribution in [0.2, 0.25) is 10.0 Å². The van der Waals surface area contributed by atoms with Gasteiger partial charge in [-0.2, -0.15) is 0 Å². The molecule has 13 nitrogen and oxygen atoms in total. The third-order valence-corrected chi connectivity index (χ3v) is 7.97. The van der Waals surface area contributed by atoms with Crippen LogP contribution in [0.5, 0.6) is 0 Å². The summed E-state index contributed by atoms with van der Waals surface area (Å²) >= 11 is 12.2. The van der Waals surface area contributed by atoms with Crippen LogP contribution in [0.15, 0.2) is 66.7 Å². The van der Waals surface area contributed by atoms with E-state index < -0.39 is 61.1 Å². The van der Waals surface area contributed by atoms with Crippen LogP contribution in [-0.2, 0) is 35.3 Å². The van der Waals surface area contributed by atoms with Gasteiger partial charge in [0.25, 0.3) is 17.7 Å². The van der Waals surface area contributed by atoms with Gasteiger partial charge in [0.15, 0.2) is 0 Å². The number of rotatable bonds is 9. The minimum absolute atomic E-state index is 0.00414. The van der Waals surface area contributed by atoms with E-state index in [0.29, 0.717) is 0 Å². The van der Waals surface area contributed by atoms with Gasteiger partial charge in [-0.25, -0.2) is 0 Å². The summed E-state index contributed by atoms with van der Waals surface area (Å²) in [6.45, 7) is -1.68. The molecule has 0 aliphatic carbocycles. The molecule has 2 aliphatic heterocycles. The quantitative estimate of drug-likeness (QED) is 0.196. The molecule has 0 radical (unpaired) electrons. The number of nitrogens with zero attached hydrogens (tertiary/aromatic N) is 2. The van der Waals surface area contributed by atoms with E-state index in [0.717, 1.165) is 15.4 Å². The smallest absolute Gasteiger partial charge is 0.310 e. The molecule has 4 amide bonds. The van der Waals surface area contributed by atoms with Gasteiger partial charge < -0.3 is 35.8 Å². The monoisotopic (exact) mass is 669 g/mol. The number of benzene rings is 3. The lowest BCUT2D eigenvalue weighted by atomic mass is 10.1. The Morgan fingerprint density at radius 2 is 1.63 bits per heavy atom. The molecule has 15 heteroatoms. The Hall–Kier alpha value is -4.69. The Labute approximate surface area is 273 Å². The van der Waals surface area contributed by atoms with Crippen molar-refractivity contribution in [3.8, 4) is 0 Å². The topological polar surface area (TPSA) is 181 Å². The highest BCUT2D eigenvalue weighted by molar-refractivity contribution is 6.39. The van der Waals surface area contributed by atoms with Gasteiger partial charge in [0.2, 0.25) is 12.2 Å². The van der Waals surface area contributed by atoms with Crippen LogP contribution in [-0.4, -0.2) is 72.8 Å². The van der Waals surface area contributed by atoms with Crippen LogP contribution < -0.4 is 26.2 Å². The molecule has 0 spiro atoms. The number of carbonyl (C=O) groups is 5. The third-order valence-electron chi connectivity index (χ3n) is 7.34. The number of ether oxygens (including phenoxy) is 2. The standard InChI is InChI=1S/C31H29Cl2N5O8/c32-19-10-18(11-20(33)28(19)34)29(43)36-22-13-37(26(41)15-39)23-8-4-5-9-24(23)38(30(22)44)14-25(40)35-21-12-27(42)46-31(21)45-16-17-6-2-1-3-7-17/h1-11,21-22,31,39H,12-16,34H2,(H,35,40)(H,36,43)/t21-,22-,31?/m0/s1. The largest absolute Gasteiger partial charge is 0.433 e. The highest BCUT2D eigenvalue weighted by Gasteiger charge is 2.40. The van der Waals surface area contributed by atoms with Gasteiger partial charge in [0, 0.05) is 5.56 Å². The van der Waals surface area contributed by atoms with Crippen molar-refractivity contribution in [3.63, 3.8) is 0 Å². The van der Waals surface area contributed by atoms with Gasteiger partial charge in [-0.15, -0.1) is 0 Å². The summed E-state index contributed by atoms with van der Waals surface area (Å²) in [7, 11) is 0. The Kier molecular flexibility index (Phi) is 10.1. The summed E-state index contributed by atoms with van der Waals surface area (Å²) in [5.74, 6) is -3.46. The van der Waals surface area contributed by atoms with Crippen molar-refractivity contribution in [2.45, 2.75) is 31.4 Å². The highest BCUT2D eigenvalue weighted by Crippen LogP contribution is 2.33. The summed E-state index contributed by atoms with van der Waals surface area (Å²) < 4.78 is 11.0. The van der Waals surface area contributed by atoms with Crippen LogP contribution in [0.4, 0.5) is 17.1 Å². The molecule has 2 heterocycles. The van der Waals surface area contributed by atoms with Crippen molar-refractivity contribution in [2.75, 3.05) is 35.2 Å². The van der Waals surface area contributed by atoms with Crippen molar-refractivity contribution in [3.05, 3.63) is 87.9 Å². The van der Waals surface area contributed by atoms with Crippen molar-refractivity contribution < 1.29 is 38.6 Å². The van der Waals surface area contributed by atoms with Gasteiger partial charge in [-0.3, -0.25) is 28.9 Å². The van der Waals surface area contributed by atoms with E-state index in [9.17, 15) is 29.1 Å². The lowest BCUT2D eigenvalue weighted by Gasteiger charge is -2.26. The van der Waals surface area contributed by atoms with E-state index in [2.05, 4.69) is 10.6 Å². The molecule has 240 valence electrons. The first-order valence-corrected chi connectivity index (χ1v) is 14.8. The summed E-state index contributed by atoms with van der Waals surface area (Å²) in [6, 6.07) is 15.8. The first-order valence-electron chi connectivity index (χ1n) is 14.1. The van der Waals surface area contributed by atoms with Crippen LogP contribution in [0.1, 0.15) is 22.3 Å². The van der Waals surface area contributed by atoms with Crippen LogP contribution >= 0.6 is 23.2 Å². The van der Waals surface area contributed by atoms with Crippen molar-refractivity contribution in [1.29, 1.82) is 0 Å². The number of esters is 1. The van der Waals surface area contributed by atoms with Gasteiger partial charge in [-0.1, -0.05) is 65.7 Å². The molecule has 0 bridgehead atoms. The van der Waals surface area contributed by atoms with Crippen molar-refractivity contribution in [1.82, 2.24) is 10.6 Å². The molecule has 5 rings (SSSR count). The zero-order valence-electron chi connectivity index (χ0n) is 24.2. The van der Waals surface area contributed by atoms with E-state index >= 15 is 0 Å². The Balaban J connectivity index is 1.38. The number of hydrogen-bond donors (Lipinski definition) is 4. The lowest BCUT2D eigenvalue weighted by Crippen LogP contribution is -2.55. The molecule has 2 aliphatic rings. The van der Waals surface area contributed by atoms with Gasteiger partial charge in [-0.05, 0) is 29.8 Å². The number of para-hydroxylation sites is 2. The molecule has 0 saturated carbocycles. The van der Waals surface area contributed by atoms with Crippen molar-refractivity contribution in [2.24, 2.45) is 0 Å². The maximum Gasteiger partial charge on any atom is 0.310 e. The fraction of sp³-hybridized carbons (Fsp3) is 0.258. The minimum atomic E-state index is -1.38. The molecule has 0 aromatic heterocycles. The zero-order valence-corrected chi connectivity index (χ0v) is 25.7. The summed E-state index contributed by atoms with van der Waals surface area (Å²) in [4.78, 5) is 67.9. The fourth-order valence-corrected chi connectivity index (χ4v) is 5.58. The summed E-state index contributed by atoms with van der Waals surface area (Å²) in [5, 5.41) is 15.0. The molecule has 3 aromatic rings. The van der Waals surface area contributed by atoms with E-state index in [1.165, 1.54) is 18.2 Å². The van der Waals surface area contributed by atoms with E-state index in [1.54, 1.807) is 18.2 Å². The second-order valence-electron chi connectivity index (χ2n) is 10.5. The molecular formula is C31H29Cl2N5O8. The number of aliphatic hydroxyl groups excluding tert-OH is 1. The number of amides is 4. The minimum Gasteiger partial charge on any atom is -0.433 e. The first-order chi connectivity index (χ1) is 22.0. The van der Waals surface area contributed by atoms with Gasteiger partial charge >= 0.3 is 5.97 Å². The Morgan fingerprint density at radius 3 is 2.30 bits per heavy atom. The number of carbonyl (C=O) groups excluding carboxylic acids is 5. The molecule has 1 unspecified atom stereocenters. The molecule has 3 aromatic carbocycles. The van der Waals surface area contributed by atoms with Gasteiger partial charge in [0.1, 0.15) is 25.2 Å². The SMILES string of the molecule is Nc1c(Cl)cc(C(=O)N[C@H]2CN(C(=O)CO)c3ccccc3N(CC(=O)N[C@H]3CC(=O)OC3OCc3ccccc3)C2=O)cc1Cl. The maximum absolute atomic E-state index is 14.0. The van der Waals surface area contributed by atoms with E-state index in [-0.39, 0.29) is 52.2 Å². The lowest BCUT2D eigenvalue weighted by molar-refractivity contribution is -0.168. The number of fused-ring (bicyclic) bond motifs is 1. The summed E-state index contributed by atoms with van der Waals surface area (Å²) in [6.07, 6.45) is -1.22. The predicted molar refractivity (Wildman–Crippen MR) is 168 cm³/mol. The highest BCUT2D eigenvalue weighted by atomic mass is 35.5. The number of halogens is 2. The second-order valence-corrected chi connectivity index (χ2v) is 11.3. The molecule has 1 fully saturated rings. The average molecular weight is 671 g/mol. The summed E-state index contributed by atoms with van der Waals surface area (Å²) in [5.41, 5.74) is 7.08. The average Bonchev–Trinajstić information content (AvgIpc) is 3.35. The molecule has 46 heavy (non-hydrogen) atoms. The van der Waals surface area contributed by atoms with Crippen LogP contribution in [0, 0.1) is 0 Å². The molecule has 5 N–H and O–H groups in total. The number of nitrogens with one attached hydrogen (secondary N) is 2. The predicted octanol–water partition coefficient (Wildman–Crippen LogP) is 2.02. The Bertz CT molecular complexity index is 1650. The second kappa shape index (κ2) is 14.2. The molecule has 1 saturated heterocycles. The van der Waals surface area contributed by atoms with Crippen LogP contribution in [0.3, 0.4) is 0 Å². The molecule has 3 atom stereocenters. The molecular weight excluding hydrogens is 641 g/mol. The number of nitrogens with two attached hydrogens (primary N) is 1. The van der Waals surface area contributed by atoms with E-state index in [4.69, 9.17) is 38.4 Å². The number of aliphatic hydroxyl groups is 1. The normalized spacial score (nSPS) is 19.2. The zero-order chi connectivity index (χ0) is 33.0. The first kappa shape index (κ1) is 32.7. The third kappa shape index (κ3) is 7.23. The van der Waals surface area contributed by atoms with Crippen molar-refractivity contribution >= 4 is 69.9 Å². The van der Waals surface area contributed by atoms with Gasteiger partial charge in [0.05, 0.1) is 46.7 Å². The number of cyclic esters (lactones) is 1. The number of nitrogen functional groups attached to an aromatic ring is 1.